The van der Waals surface area contributed by atoms with E-state index >= 15 is 0 Å². The van der Waals surface area contributed by atoms with Gasteiger partial charge in [-0.1, -0.05) is 6.42 Å². The van der Waals surface area contributed by atoms with Crippen LogP contribution in [0.25, 0.3) is 0 Å². The summed E-state index contributed by atoms with van der Waals surface area (Å²) in [6.07, 6.45) is 4.32. The second kappa shape index (κ2) is 4.97. The Labute approximate surface area is 82.9 Å². The maximum atomic E-state index is 2.33. The Morgan fingerprint density at radius 1 is 0.846 bits per heavy atom. The normalized spacial score (nSPS) is 29.1. The van der Waals surface area contributed by atoms with E-state index in [1.807, 2.05) is 0 Å². The van der Waals surface area contributed by atoms with Crippen LogP contribution in [0.5, 0.6) is 0 Å². The minimum absolute atomic E-state index is 0.942. The predicted octanol–water partition coefficient (Wildman–Crippen LogP) is 1.53. The second-order valence-electron chi connectivity index (χ2n) is 4.98. The third-order valence-electron chi connectivity index (χ3n) is 3.02. The molecule has 1 aliphatic rings. The predicted molar refractivity (Wildman–Crippen MR) is 57.9 cm³/mol. The molecule has 1 aliphatic carbocycles. The number of rotatable bonds is 4. The lowest BCUT2D eigenvalue weighted by Gasteiger charge is -2.25. The summed E-state index contributed by atoms with van der Waals surface area (Å²) in [5, 5.41) is 0. The van der Waals surface area contributed by atoms with Crippen LogP contribution in [0.3, 0.4) is 0 Å². The first-order valence-electron chi connectivity index (χ1n) is 5.39. The Morgan fingerprint density at radius 2 is 1.23 bits per heavy atom. The smallest absolute Gasteiger partial charge is 0.000669 e. The minimum Gasteiger partial charge on any atom is -0.309 e. The highest BCUT2D eigenvalue weighted by molar-refractivity contribution is 4.80. The van der Waals surface area contributed by atoms with Gasteiger partial charge in [0, 0.05) is 13.1 Å². The van der Waals surface area contributed by atoms with Crippen molar-refractivity contribution in [3.63, 3.8) is 0 Å². The van der Waals surface area contributed by atoms with Crippen LogP contribution >= 0.6 is 0 Å². The van der Waals surface area contributed by atoms with Crippen LogP contribution < -0.4 is 0 Å². The van der Waals surface area contributed by atoms with E-state index in [2.05, 4.69) is 38.0 Å². The molecule has 0 aliphatic heterocycles. The number of hydrogen-bond donors (Lipinski definition) is 0. The highest BCUT2D eigenvalue weighted by atomic mass is 15.1. The van der Waals surface area contributed by atoms with E-state index in [0.717, 1.165) is 11.8 Å². The lowest BCUT2D eigenvalue weighted by Crippen LogP contribution is -2.30. The van der Waals surface area contributed by atoms with Gasteiger partial charge in [-0.3, -0.25) is 0 Å². The molecule has 78 valence electrons. The van der Waals surface area contributed by atoms with Gasteiger partial charge in [0.2, 0.25) is 0 Å². The molecule has 0 spiro atoms. The first-order chi connectivity index (χ1) is 6.09. The molecule has 2 nitrogen and oxygen atoms in total. The first-order valence-corrected chi connectivity index (χ1v) is 5.39. The van der Waals surface area contributed by atoms with Gasteiger partial charge in [-0.05, 0) is 52.9 Å². The Hall–Kier alpha value is -0.0800. The molecular formula is C11H24N2. The van der Waals surface area contributed by atoms with E-state index in [-0.39, 0.29) is 0 Å². The molecule has 0 N–H and O–H groups in total. The standard InChI is InChI=1S/C11H24N2/c1-12(2)8-10-6-5-7-11(10)9-13(3)4/h10-11H,5-9H2,1-4H3/t10-,11?/m0/s1. The molecule has 0 aromatic rings. The average molecular weight is 184 g/mol. The van der Waals surface area contributed by atoms with Crippen molar-refractivity contribution in [3.8, 4) is 0 Å². The molecule has 1 saturated carbocycles. The van der Waals surface area contributed by atoms with Crippen LogP contribution in [0.2, 0.25) is 0 Å². The Kier molecular flexibility index (Phi) is 4.20. The molecule has 0 aromatic carbocycles. The first kappa shape index (κ1) is 11.0. The van der Waals surface area contributed by atoms with Crippen LogP contribution in [0.4, 0.5) is 0 Å². The molecule has 1 unspecified atom stereocenters. The molecule has 2 heteroatoms. The molecule has 13 heavy (non-hydrogen) atoms. The van der Waals surface area contributed by atoms with Crippen LogP contribution in [-0.4, -0.2) is 51.1 Å². The Balaban J connectivity index is 2.35. The van der Waals surface area contributed by atoms with Gasteiger partial charge in [0.05, 0.1) is 0 Å². The summed E-state index contributed by atoms with van der Waals surface area (Å²) in [5.41, 5.74) is 0. The van der Waals surface area contributed by atoms with Gasteiger partial charge >= 0.3 is 0 Å². The molecule has 0 radical (unpaired) electrons. The van der Waals surface area contributed by atoms with E-state index in [0.29, 0.717) is 0 Å². The van der Waals surface area contributed by atoms with Gasteiger partial charge in [0.25, 0.3) is 0 Å². The van der Waals surface area contributed by atoms with E-state index < -0.39 is 0 Å². The van der Waals surface area contributed by atoms with Gasteiger partial charge in [0.15, 0.2) is 0 Å². The zero-order valence-corrected chi connectivity index (χ0v) is 9.58. The summed E-state index contributed by atoms with van der Waals surface area (Å²) in [6.45, 7) is 2.55. The molecule has 1 fully saturated rings. The minimum atomic E-state index is 0.942. The van der Waals surface area contributed by atoms with Gasteiger partial charge in [-0.2, -0.15) is 0 Å². The summed E-state index contributed by atoms with van der Waals surface area (Å²) in [7, 11) is 8.74. The molecule has 0 bridgehead atoms. The van der Waals surface area contributed by atoms with Gasteiger partial charge < -0.3 is 9.80 Å². The molecule has 0 saturated heterocycles. The van der Waals surface area contributed by atoms with E-state index in [1.165, 1.54) is 32.4 Å². The topological polar surface area (TPSA) is 6.48 Å². The zero-order chi connectivity index (χ0) is 9.84. The van der Waals surface area contributed by atoms with Gasteiger partial charge in [-0.15, -0.1) is 0 Å². The highest BCUT2D eigenvalue weighted by Gasteiger charge is 2.27. The highest BCUT2D eigenvalue weighted by Crippen LogP contribution is 2.32. The fraction of sp³-hybridized carbons (Fsp3) is 1.00. The zero-order valence-electron chi connectivity index (χ0n) is 9.58. The monoisotopic (exact) mass is 184 g/mol. The van der Waals surface area contributed by atoms with Crippen molar-refractivity contribution < 1.29 is 0 Å². The van der Waals surface area contributed by atoms with Crippen LogP contribution in [-0.2, 0) is 0 Å². The van der Waals surface area contributed by atoms with E-state index in [4.69, 9.17) is 0 Å². The maximum absolute atomic E-state index is 2.33. The van der Waals surface area contributed by atoms with Gasteiger partial charge in [-0.25, -0.2) is 0 Å². The van der Waals surface area contributed by atoms with Crippen molar-refractivity contribution >= 4 is 0 Å². The largest absolute Gasteiger partial charge is 0.309 e. The molecule has 1 rings (SSSR count). The van der Waals surface area contributed by atoms with Crippen molar-refractivity contribution in [2.45, 2.75) is 19.3 Å². The van der Waals surface area contributed by atoms with Crippen molar-refractivity contribution in [1.29, 1.82) is 0 Å². The SMILES string of the molecule is CN(C)CC1CCC[C@H]1CN(C)C. The summed E-state index contributed by atoms with van der Waals surface area (Å²) < 4.78 is 0. The van der Waals surface area contributed by atoms with E-state index in [9.17, 15) is 0 Å². The summed E-state index contributed by atoms with van der Waals surface area (Å²) in [5.74, 6) is 1.88. The molecule has 2 atom stereocenters. The molecular weight excluding hydrogens is 160 g/mol. The van der Waals surface area contributed by atoms with Crippen LogP contribution in [0, 0.1) is 11.8 Å². The summed E-state index contributed by atoms with van der Waals surface area (Å²) in [6, 6.07) is 0. The van der Waals surface area contributed by atoms with E-state index in [1.54, 1.807) is 0 Å². The van der Waals surface area contributed by atoms with Crippen molar-refractivity contribution in [2.75, 3.05) is 41.3 Å². The van der Waals surface area contributed by atoms with Crippen molar-refractivity contribution in [1.82, 2.24) is 9.80 Å². The number of hydrogen-bond acceptors (Lipinski definition) is 2. The van der Waals surface area contributed by atoms with Crippen molar-refractivity contribution in [3.05, 3.63) is 0 Å². The molecule has 0 heterocycles. The molecule has 0 aromatic heterocycles. The van der Waals surface area contributed by atoms with Crippen LogP contribution in [0.15, 0.2) is 0 Å². The fourth-order valence-electron chi connectivity index (χ4n) is 2.53. The summed E-state index contributed by atoms with van der Waals surface area (Å²) in [4.78, 5) is 4.66. The third-order valence-corrected chi connectivity index (χ3v) is 3.02. The Bertz CT molecular complexity index is 127. The van der Waals surface area contributed by atoms with Crippen molar-refractivity contribution in [2.24, 2.45) is 11.8 Å². The third kappa shape index (κ3) is 3.65. The molecule has 0 amide bonds. The quantitative estimate of drug-likeness (QED) is 0.654. The maximum Gasteiger partial charge on any atom is 0.000669 e. The fourth-order valence-corrected chi connectivity index (χ4v) is 2.53. The van der Waals surface area contributed by atoms with Gasteiger partial charge in [0.1, 0.15) is 0 Å². The average Bonchev–Trinajstić information content (AvgIpc) is 2.34. The Morgan fingerprint density at radius 3 is 1.54 bits per heavy atom. The lowest BCUT2D eigenvalue weighted by atomic mass is 9.95. The summed E-state index contributed by atoms with van der Waals surface area (Å²) >= 11 is 0. The van der Waals surface area contributed by atoms with Crippen LogP contribution in [0.1, 0.15) is 19.3 Å². The number of nitrogens with zero attached hydrogens (tertiary/aromatic N) is 2. The second-order valence-corrected chi connectivity index (χ2v) is 4.98. The lowest BCUT2D eigenvalue weighted by molar-refractivity contribution is 0.229.